The van der Waals surface area contributed by atoms with E-state index in [1.54, 1.807) is 67.6 Å². The first-order valence-corrected chi connectivity index (χ1v) is 13.6. The second-order valence-corrected chi connectivity index (χ2v) is 9.51. The summed E-state index contributed by atoms with van der Waals surface area (Å²) in [4.78, 5) is 38.0. The van der Waals surface area contributed by atoms with Crippen LogP contribution in [-0.4, -0.2) is 66.9 Å². The number of aliphatic hydroxyl groups excluding tert-OH is 1. The van der Waals surface area contributed by atoms with Gasteiger partial charge in [-0.3, -0.25) is 4.79 Å². The Morgan fingerprint density at radius 3 is 2.07 bits per heavy atom. The first-order valence-electron chi connectivity index (χ1n) is 13.6. The van der Waals surface area contributed by atoms with Gasteiger partial charge in [0.05, 0.1) is 18.8 Å². The lowest BCUT2D eigenvalue weighted by molar-refractivity contribution is -0.310. The normalized spacial score (nSPS) is 22.5. The number of carbonyl (C=O) groups excluding carboxylic acids is 3. The average molecular weight is 579 g/mol. The summed E-state index contributed by atoms with van der Waals surface area (Å²) in [7, 11) is 0. The van der Waals surface area contributed by atoms with Crippen molar-refractivity contribution >= 4 is 17.9 Å². The highest BCUT2D eigenvalue weighted by Gasteiger charge is 2.51. The molecule has 3 aromatic rings. The van der Waals surface area contributed by atoms with Crippen molar-refractivity contribution in [3.05, 3.63) is 108 Å². The third-order valence-electron chi connectivity index (χ3n) is 6.49. The van der Waals surface area contributed by atoms with Crippen molar-refractivity contribution in [1.82, 2.24) is 0 Å². The summed E-state index contributed by atoms with van der Waals surface area (Å²) >= 11 is 0. The molecule has 0 saturated carbocycles. The molecule has 1 N–H and O–H groups in total. The number of hydrogen-bond acceptors (Lipinski definition) is 10. The van der Waals surface area contributed by atoms with E-state index in [0.29, 0.717) is 5.56 Å². The zero-order valence-corrected chi connectivity index (χ0v) is 23.4. The fraction of sp³-hybridized carbons (Fsp3) is 0.344. The SMILES string of the molecule is CCOC(=O)[C@@H](O[C@H]1C(O)O[C@H](COC(C)=O)[C@@H](OCc2ccccc2)[C@@H]1OC(=O)c1ccccc1)c1ccccc1. The van der Waals surface area contributed by atoms with Gasteiger partial charge in [0.1, 0.15) is 24.9 Å². The minimum atomic E-state index is -1.70. The van der Waals surface area contributed by atoms with Crippen molar-refractivity contribution in [3.8, 4) is 0 Å². The summed E-state index contributed by atoms with van der Waals surface area (Å²) in [6.07, 6.45) is -7.81. The van der Waals surface area contributed by atoms with Gasteiger partial charge in [0.15, 0.2) is 18.5 Å². The lowest BCUT2D eigenvalue weighted by Gasteiger charge is -2.44. The molecule has 1 saturated heterocycles. The van der Waals surface area contributed by atoms with Crippen LogP contribution < -0.4 is 0 Å². The van der Waals surface area contributed by atoms with E-state index in [9.17, 15) is 19.5 Å². The van der Waals surface area contributed by atoms with Crippen LogP contribution in [0.2, 0.25) is 0 Å². The molecular formula is C32H34O10. The Hall–Kier alpha value is -4.09. The van der Waals surface area contributed by atoms with E-state index in [1.807, 2.05) is 30.3 Å². The van der Waals surface area contributed by atoms with Crippen LogP contribution in [0.3, 0.4) is 0 Å². The van der Waals surface area contributed by atoms with Crippen LogP contribution in [0.4, 0.5) is 0 Å². The molecule has 3 aromatic carbocycles. The van der Waals surface area contributed by atoms with Gasteiger partial charge in [0.25, 0.3) is 0 Å². The maximum atomic E-state index is 13.3. The molecule has 6 atom stereocenters. The first kappa shape index (κ1) is 30.9. The van der Waals surface area contributed by atoms with Crippen molar-refractivity contribution in [2.75, 3.05) is 13.2 Å². The zero-order valence-electron chi connectivity index (χ0n) is 23.4. The van der Waals surface area contributed by atoms with Crippen molar-refractivity contribution in [2.45, 2.75) is 57.3 Å². The van der Waals surface area contributed by atoms with Gasteiger partial charge in [-0.2, -0.15) is 0 Å². The summed E-state index contributed by atoms with van der Waals surface area (Å²) in [6.45, 7) is 2.78. The van der Waals surface area contributed by atoms with Crippen molar-refractivity contribution < 1.29 is 47.9 Å². The molecule has 0 amide bonds. The van der Waals surface area contributed by atoms with Gasteiger partial charge in [-0.1, -0.05) is 78.9 Å². The number of ether oxygens (including phenoxy) is 6. The van der Waals surface area contributed by atoms with E-state index in [4.69, 9.17) is 28.4 Å². The maximum absolute atomic E-state index is 13.3. The molecule has 0 spiro atoms. The standard InChI is InChI=1S/C32H34O10/c1-3-37-31(35)26(23-15-9-5-10-16-23)41-29-28(42-30(34)24-17-11-6-12-18-24)27(39-19-22-13-7-4-8-14-22)25(40-32(29)36)20-38-21(2)33/h4-18,25-29,32,36H,3,19-20H2,1-2H3/t25-,26+,27-,28+,29-,32?/m1/s1. The second kappa shape index (κ2) is 15.2. The van der Waals surface area contributed by atoms with Crippen LogP contribution in [-0.2, 0) is 44.6 Å². The van der Waals surface area contributed by atoms with Gasteiger partial charge in [0, 0.05) is 6.92 Å². The van der Waals surface area contributed by atoms with E-state index in [0.717, 1.165) is 5.56 Å². The van der Waals surface area contributed by atoms with Gasteiger partial charge < -0.3 is 33.5 Å². The number of esters is 3. The number of hydrogen-bond donors (Lipinski definition) is 1. The molecule has 0 aliphatic carbocycles. The summed E-state index contributed by atoms with van der Waals surface area (Å²) in [6, 6.07) is 26.1. The Balaban J connectivity index is 1.71. The summed E-state index contributed by atoms with van der Waals surface area (Å²) in [5, 5.41) is 11.2. The highest BCUT2D eigenvalue weighted by atomic mass is 16.7. The van der Waals surface area contributed by atoms with Crippen LogP contribution in [0.15, 0.2) is 91.0 Å². The first-order chi connectivity index (χ1) is 20.4. The Kier molecular flexibility index (Phi) is 11.2. The molecule has 222 valence electrons. The minimum absolute atomic E-state index is 0.0770. The van der Waals surface area contributed by atoms with Gasteiger partial charge in [0.2, 0.25) is 0 Å². The van der Waals surface area contributed by atoms with Crippen LogP contribution >= 0.6 is 0 Å². The number of carbonyl (C=O) groups is 3. The summed E-state index contributed by atoms with van der Waals surface area (Å²) < 4.78 is 34.7. The molecular weight excluding hydrogens is 544 g/mol. The van der Waals surface area contributed by atoms with Gasteiger partial charge in [-0.25, -0.2) is 9.59 Å². The summed E-state index contributed by atoms with van der Waals surface area (Å²) in [5.41, 5.74) is 1.52. The monoisotopic (exact) mass is 578 g/mol. The fourth-order valence-electron chi connectivity index (χ4n) is 4.51. The zero-order chi connectivity index (χ0) is 29.9. The predicted molar refractivity (Wildman–Crippen MR) is 149 cm³/mol. The summed E-state index contributed by atoms with van der Waals surface area (Å²) in [5.74, 6) is -1.99. The number of benzene rings is 3. The Labute approximate surface area is 244 Å². The molecule has 1 aliphatic rings. The van der Waals surface area contributed by atoms with Crippen LogP contribution in [0, 0.1) is 0 Å². The molecule has 42 heavy (non-hydrogen) atoms. The molecule has 4 rings (SSSR count). The molecule has 1 unspecified atom stereocenters. The predicted octanol–water partition coefficient (Wildman–Crippen LogP) is 3.77. The van der Waals surface area contributed by atoms with E-state index in [1.165, 1.54) is 6.92 Å². The number of aliphatic hydroxyl groups is 1. The van der Waals surface area contributed by atoms with Crippen LogP contribution in [0.5, 0.6) is 0 Å². The van der Waals surface area contributed by atoms with Crippen LogP contribution in [0.25, 0.3) is 0 Å². The topological polar surface area (TPSA) is 127 Å². The number of rotatable bonds is 12. The molecule has 1 aliphatic heterocycles. The third kappa shape index (κ3) is 8.23. The lowest BCUT2D eigenvalue weighted by Crippen LogP contribution is -2.62. The largest absolute Gasteiger partial charge is 0.464 e. The highest BCUT2D eigenvalue weighted by molar-refractivity contribution is 5.89. The fourth-order valence-corrected chi connectivity index (χ4v) is 4.51. The van der Waals surface area contributed by atoms with E-state index in [-0.39, 0.29) is 25.4 Å². The Morgan fingerprint density at radius 2 is 1.45 bits per heavy atom. The smallest absolute Gasteiger partial charge is 0.339 e. The molecule has 0 aromatic heterocycles. The van der Waals surface area contributed by atoms with Crippen molar-refractivity contribution in [1.29, 1.82) is 0 Å². The molecule has 10 nitrogen and oxygen atoms in total. The molecule has 0 bridgehead atoms. The van der Waals surface area contributed by atoms with Gasteiger partial charge in [-0.05, 0) is 30.2 Å². The average Bonchev–Trinajstić information content (AvgIpc) is 3.00. The van der Waals surface area contributed by atoms with E-state index >= 15 is 0 Å². The molecule has 10 heteroatoms. The maximum Gasteiger partial charge on any atom is 0.339 e. The van der Waals surface area contributed by atoms with E-state index in [2.05, 4.69) is 0 Å². The van der Waals surface area contributed by atoms with Crippen molar-refractivity contribution in [3.63, 3.8) is 0 Å². The van der Waals surface area contributed by atoms with Crippen LogP contribution in [0.1, 0.15) is 41.4 Å². The lowest BCUT2D eigenvalue weighted by atomic mass is 9.97. The highest BCUT2D eigenvalue weighted by Crippen LogP contribution is 2.33. The minimum Gasteiger partial charge on any atom is -0.464 e. The Morgan fingerprint density at radius 1 is 0.833 bits per heavy atom. The van der Waals surface area contributed by atoms with E-state index < -0.39 is 54.7 Å². The third-order valence-corrected chi connectivity index (χ3v) is 6.49. The molecule has 1 fully saturated rings. The van der Waals surface area contributed by atoms with Gasteiger partial charge >= 0.3 is 17.9 Å². The van der Waals surface area contributed by atoms with Crippen molar-refractivity contribution in [2.24, 2.45) is 0 Å². The second-order valence-electron chi connectivity index (χ2n) is 9.51. The molecule has 1 heterocycles. The van der Waals surface area contributed by atoms with Gasteiger partial charge in [-0.15, -0.1) is 0 Å². The Bertz CT molecular complexity index is 1280. The quantitative estimate of drug-likeness (QED) is 0.251. The molecule has 0 radical (unpaired) electrons.